The van der Waals surface area contributed by atoms with Crippen molar-refractivity contribution < 1.29 is 9.18 Å². The number of benzene rings is 2. The molecule has 6 nitrogen and oxygen atoms in total. The number of hydrogen-bond acceptors (Lipinski definition) is 4. The first kappa shape index (κ1) is 19.4. The number of carbonyl (C=O) groups is 1. The topological polar surface area (TPSA) is 78.9 Å². The molecule has 0 unspecified atom stereocenters. The number of halogens is 1. The lowest BCUT2D eigenvalue weighted by atomic mass is 10.0. The van der Waals surface area contributed by atoms with Crippen molar-refractivity contribution in [2.75, 3.05) is 5.32 Å². The van der Waals surface area contributed by atoms with Crippen LogP contribution >= 0.6 is 12.2 Å². The van der Waals surface area contributed by atoms with Crippen molar-refractivity contribution in [3.05, 3.63) is 90.5 Å². The van der Waals surface area contributed by atoms with E-state index in [2.05, 4.69) is 26.1 Å². The van der Waals surface area contributed by atoms with E-state index in [9.17, 15) is 9.18 Å². The molecule has 30 heavy (non-hydrogen) atoms. The number of amides is 1. The van der Waals surface area contributed by atoms with Gasteiger partial charge in [-0.25, -0.2) is 9.37 Å². The van der Waals surface area contributed by atoms with Gasteiger partial charge in [0.1, 0.15) is 5.82 Å². The number of hydrazine groups is 1. The van der Waals surface area contributed by atoms with Crippen LogP contribution in [0.1, 0.15) is 10.4 Å². The second-order valence-electron chi connectivity index (χ2n) is 6.32. The molecule has 8 heteroatoms. The highest BCUT2D eigenvalue weighted by Gasteiger charge is 2.14. The Labute approximate surface area is 177 Å². The normalized spacial score (nSPS) is 10.4. The summed E-state index contributed by atoms with van der Waals surface area (Å²) in [5.41, 5.74) is 7.96. The summed E-state index contributed by atoms with van der Waals surface area (Å²) < 4.78 is 13.7. The Balaban J connectivity index is 1.57. The molecule has 0 spiro atoms. The molecule has 2 heterocycles. The maximum absolute atomic E-state index is 13.7. The number of hydrogen-bond donors (Lipinski definition) is 3. The number of aromatic nitrogens is 2. The maximum atomic E-state index is 13.7. The van der Waals surface area contributed by atoms with Gasteiger partial charge in [0.25, 0.3) is 5.91 Å². The van der Waals surface area contributed by atoms with Gasteiger partial charge in [0.05, 0.1) is 22.5 Å². The van der Waals surface area contributed by atoms with E-state index >= 15 is 0 Å². The van der Waals surface area contributed by atoms with E-state index in [1.54, 1.807) is 36.7 Å². The molecule has 3 N–H and O–H groups in total. The number of fused-ring (bicyclic) bond motifs is 1. The molecule has 2 aromatic heterocycles. The van der Waals surface area contributed by atoms with Crippen LogP contribution in [0.25, 0.3) is 22.2 Å². The van der Waals surface area contributed by atoms with Gasteiger partial charge in [0, 0.05) is 23.3 Å². The molecule has 2 aromatic carbocycles. The van der Waals surface area contributed by atoms with E-state index in [1.807, 2.05) is 36.4 Å². The zero-order valence-electron chi connectivity index (χ0n) is 15.6. The number of pyridine rings is 2. The molecule has 0 aliphatic carbocycles. The van der Waals surface area contributed by atoms with Crippen LogP contribution in [0.3, 0.4) is 0 Å². The zero-order valence-corrected chi connectivity index (χ0v) is 16.4. The SMILES string of the molecule is O=C(NNC(=S)Nc1ccccc1F)c1cc(-c2ccncc2)nc2ccccc12. The Morgan fingerprint density at radius 3 is 2.47 bits per heavy atom. The molecule has 0 saturated heterocycles. The first-order valence-corrected chi connectivity index (χ1v) is 9.45. The van der Waals surface area contributed by atoms with Gasteiger partial charge in [-0.05, 0) is 48.6 Å². The van der Waals surface area contributed by atoms with E-state index < -0.39 is 11.7 Å². The highest BCUT2D eigenvalue weighted by Crippen LogP contribution is 2.24. The van der Waals surface area contributed by atoms with Crippen LogP contribution in [-0.2, 0) is 0 Å². The number of nitrogens with zero attached hydrogens (tertiary/aromatic N) is 2. The molecule has 0 radical (unpaired) electrons. The minimum atomic E-state index is -0.449. The Morgan fingerprint density at radius 2 is 1.67 bits per heavy atom. The van der Waals surface area contributed by atoms with Crippen LogP contribution in [0, 0.1) is 5.82 Å². The average molecular weight is 417 g/mol. The summed E-state index contributed by atoms with van der Waals surface area (Å²) in [5, 5.41) is 3.46. The molecule has 0 fully saturated rings. The van der Waals surface area contributed by atoms with Crippen molar-refractivity contribution in [2.45, 2.75) is 0 Å². The quantitative estimate of drug-likeness (QED) is 0.345. The molecule has 4 rings (SSSR count). The molecule has 0 atom stereocenters. The van der Waals surface area contributed by atoms with Crippen molar-refractivity contribution in [1.82, 2.24) is 20.8 Å². The summed E-state index contributed by atoms with van der Waals surface area (Å²) in [6.07, 6.45) is 3.33. The van der Waals surface area contributed by atoms with Gasteiger partial charge >= 0.3 is 0 Å². The lowest BCUT2D eigenvalue weighted by Crippen LogP contribution is -2.44. The molecule has 0 saturated carbocycles. The number of anilines is 1. The maximum Gasteiger partial charge on any atom is 0.270 e. The van der Waals surface area contributed by atoms with Crippen LogP contribution in [0.5, 0.6) is 0 Å². The van der Waals surface area contributed by atoms with Crippen LogP contribution in [0.4, 0.5) is 10.1 Å². The van der Waals surface area contributed by atoms with Crippen molar-refractivity contribution in [3.63, 3.8) is 0 Å². The Kier molecular flexibility index (Phi) is 5.58. The van der Waals surface area contributed by atoms with Crippen LogP contribution < -0.4 is 16.2 Å². The van der Waals surface area contributed by atoms with Gasteiger partial charge in [-0.2, -0.15) is 0 Å². The lowest BCUT2D eigenvalue weighted by Gasteiger charge is -2.14. The second kappa shape index (κ2) is 8.62. The highest BCUT2D eigenvalue weighted by molar-refractivity contribution is 7.80. The first-order chi connectivity index (χ1) is 14.6. The molecule has 4 aromatic rings. The van der Waals surface area contributed by atoms with Crippen molar-refractivity contribution in [3.8, 4) is 11.3 Å². The van der Waals surface area contributed by atoms with Crippen LogP contribution in [-0.4, -0.2) is 21.0 Å². The number of para-hydroxylation sites is 2. The summed E-state index contributed by atoms with van der Waals surface area (Å²) in [6, 6.07) is 18.8. The number of thiocarbonyl (C=S) groups is 1. The van der Waals surface area contributed by atoms with Crippen molar-refractivity contribution >= 4 is 39.8 Å². The zero-order chi connectivity index (χ0) is 20.9. The fraction of sp³-hybridized carbons (Fsp3) is 0. The summed E-state index contributed by atoms with van der Waals surface area (Å²) in [5.74, 6) is -0.850. The summed E-state index contributed by atoms with van der Waals surface area (Å²) >= 11 is 5.14. The van der Waals surface area contributed by atoms with E-state index in [0.29, 0.717) is 22.2 Å². The van der Waals surface area contributed by atoms with Gasteiger partial charge in [-0.3, -0.25) is 20.6 Å². The van der Waals surface area contributed by atoms with Gasteiger partial charge in [0.2, 0.25) is 0 Å². The standard InChI is InChI=1S/C22H16FN5OS/c23-17-6-2-4-8-19(17)26-22(30)28-27-21(29)16-13-20(14-9-11-24-12-10-14)25-18-7-3-1-5-15(16)18/h1-13H,(H,27,29)(H2,26,28,30). The van der Waals surface area contributed by atoms with E-state index in [0.717, 1.165) is 5.56 Å². The smallest absolute Gasteiger partial charge is 0.270 e. The number of nitrogens with one attached hydrogen (secondary N) is 3. The highest BCUT2D eigenvalue weighted by atomic mass is 32.1. The van der Waals surface area contributed by atoms with Gasteiger partial charge in [-0.15, -0.1) is 0 Å². The fourth-order valence-corrected chi connectivity index (χ4v) is 3.09. The van der Waals surface area contributed by atoms with Crippen molar-refractivity contribution in [1.29, 1.82) is 0 Å². The minimum Gasteiger partial charge on any atom is -0.329 e. The Morgan fingerprint density at radius 1 is 0.933 bits per heavy atom. The van der Waals surface area contributed by atoms with Crippen molar-refractivity contribution in [2.24, 2.45) is 0 Å². The predicted octanol–water partition coefficient (Wildman–Crippen LogP) is 4.07. The second-order valence-corrected chi connectivity index (χ2v) is 6.73. The molecule has 0 bridgehead atoms. The van der Waals surface area contributed by atoms with E-state index in [1.165, 1.54) is 6.07 Å². The molecule has 148 valence electrons. The van der Waals surface area contributed by atoms with Crippen LogP contribution in [0.15, 0.2) is 79.1 Å². The minimum absolute atomic E-state index is 0.0566. The number of rotatable bonds is 3. The molecule has 0 aliphatic heterocycles. The Bertz CT molecular complexity index is 1230. The molecule has 0 aliphatic rings. The fourth-order valence-electron chi connectivity index (χ4n) is 2.93. The largest absolute Gasteiger partial charge is 0.329 e. The predicted molar refractivity (Wildman–Crippen MR) is 118 cm³/mol. The van der Waals surface area contributed by atoms with Crippen LogP contribution in [0.2, 0.25) is 0 Å². The monoisotopic (exact) mass is 417 g/mol. The summed E-state index contributed by atoms with van der Waals surface area (Å²) in [6.45, 7) is 0. The molecular formula is C22H16FN5OS. The Hall–Kier alpha value is -3.91. The van der Waals surface area contributed by atoms with Gasteiger partial charge < -0.3 is 5.32 Å². The molecular weight excluding hydrogens is 401 g/mol. The summed E-state index contributed by atoms with van der Waals surface area (Å²) in [7, 11) is 0. The summed E-state index contributed by atoms with van der Waals surface area (Å²) in [4.78, 5) is 21.5. The van der Waals surface area contributed by atoms with E-state index in [-0.39, 0.29) is 10.8 Å². The van der Waals surface area contributed by atoms with Gasteiger partial charge in [-0.1, -0.05) is 30.3 Å². The third-order valence-electron chi connectivity index (χ3n) is 4.35. The lowest BCUT2D eigenvalue weighted by molar-refractivity contribution is 0.0946. The van der Waals surface area contributed by atoms with Gasteiger partial charge in [0.15, 0.2) is 5.11 Å². The number of carbonyl (C=O) groups excluding carboxylic acids is 1. The first-order valence-electron chi connectivity index (χ1n) is 9.04. The average Bonchev–Trinajstić information content (AvgIpc) is 2.79. The third kappa shape index (κ3) is 4.23. The third-order valence-corrected chi connectivity index (χ3v) is 4.55. The molecule has 1 amide bonds. The van der Waals surface area contributed by atoms with E-state index in [4.69, 9.17) is 12.2 Å².